The largest absolute Gasteiger partial charge is 0.361 e. The summed E-state index contributed by atoms with van der Waals surface area (Å²) < 4.78 is 6.50. The number of aromatic nitrogens is 1. The quantitative estimate of drug-likeness (QED) is 0.786. The van der Waals surface area contributed by atoms with Gasteiger partial charge in [-0.05, 0) is 44.2 Å². The van der Waals surface area contributed by atoms with Crippen molar-refractivity contribution in [3.63, 3.8) is 0 Å². The molecule has 1 heterocycles. The zero-order valence-corrected chi connectivity index (χ0v) is 12.7. The molecule has 1 aromatic heterocycles. The summed E-state index contributed by atoms with van der Waals surface area (Å²) in [7, 11) is 0. The first kappa shape index (κ1) is 12.9. The molecule has 2 nitrogen and oxygen atoms in total. The van der Waals surface area contributed by atoms with Gasteiger partial charge in [0.05, 0.1) is 0 Å². The smallest absolute Gasteiger partial charge is 0.137 e. The Morgan fingerprint density at radius 1 is 1.16 bits per heavy atom. The molecule has 0 atom stereocenters. The van der Waals surface area contributed by atoms with Crippen molar-refractivity contribution in [2.75, 3.05) is 0 Å². The Labute approximate surface area is 122 Å². The maximum Gasteiger partial charge on any atom is 0.137 e. The van der Waals surface area contributed by atoms with Crippen LogP contribution in [0.25, 0.3) is 11.3 Å². The molecule has 0 N–H and O–H groups in total. The van der Waals surface area contributed by atoms with Gasteiger partial charge in [-0.1, -0.05) is 46.1 Å². The van der Waals surface area contributed by atoms with Gasteiger partial charge in [0.25, 0.3) is 0 Å². The van der Waals surface area contributed by atoms with Gasteiger partial charge in [-0.2, -0.15) is 0 Å². The first-order valence-corrected chi connectivity index (χ1v) is 7.58. The first-order valence-electron chi connectivity index (χ1n) is 6.78. The van der Waals surface area contributed by atoms with Crippen LogP contribution in [0.15, 0.2) is 33.3 Å². The normalized spacial score (nSPS) is 16.1. The van der Waals surface area contributed by atoms with Gasteiger partial charge in [0.2, 0.25) is 0 Å². The Kier molecular flexibility index (Phi) is 3.74. The summed E-state index contributed by atoms with van der Waals surface area (Å²) in [6.07, 6.45) is 6.25. The highest BCUT2D eigenvalue weighted by Gasteiger charge is 2.22. The molecule has 0 saturated heterocycles. The van der Waals surface area contributed by atoms with Gasteiger partial charge in [0.15, 0.2) is 0 Å². The van der Waals surface area contributed by atoms with E-state index < -0.39 is 0 Å². The third-order valence-corrected chi connectivity index (χ3v) is 4.37. The van der Waals surface area contributed by atoms with E-state index in [2.05, 4.69) is 33.2 Å². The van der Waals surface area contributed by atoms with Crippen LogP contribution in [0.2, 0.25) is 0 Å². The lowest BCUT2D eigenvalue weighted by Crippen LogP contribution is -1.98. The molecule has 0 amide bonds. The van der Waals surface area contributed by atoms with E-state index in [9.17, 15) is 0 Å². The van der Waals surface area contributed by atoms with Gasteiger partial charge in [-0.15, -0.1) is 0 Å². The lowest BCUT2D eigenvalue weighted by molar-refractivity contribution is 0.398. The topological polar surface area (TPSA) is 26.0 Å². The third-order valence-electron chi connectivity index (χ3n) is 3.84. The highest BCUT2D eigenvalue weighted by Crippen LogP contribution is 2.34. The van der Waals surface area contributed by atoms with Crippen LogP contribution >= 0.6 is 15.9 Å². The molecule has 1 fully saturated rings. The molecule has 1 aliphatic rings. The predicted molar refractivity (Wildman–Crippen MR) is 79.8 cm³/mol. The van der Waals surface area contributed by atoms with E-state index in [0.717, 1.165) is 27.9 Å². The second-order valence-corrected chi connectivity index (χ2v) is 6.12. The highest BCUT2D eigenvalue weighted by atomic mass is 79.9. The van der Waals surface area contributed by atoms with Crippen molar-refractivity contribution < 1.29 is 4.52 Å². The summed E-state index contributed by atoms with van der Waals surface area (Å²) in [5, 5.41) is 4.25. The second kappa shape index (κ2) is 5.49. The first-order chi connectivity index (χ1) is 9.24. The Bertz CT molecular complexity index is 553. The average molecular weight is 319 g/mol. The van der Waals surface area contributed by atoms with Gasteiger partial charge in [-0.25, -0.2) is 0 Å². The summed E-state index contributed by atoms with van der Waals surface area (Å²) in [6.45, 7) is 2.01. The molecule has 3 heteroatoms. The fraction of sp³-hybridized carbons (Fsp3) is 0.375. The van der Waals surface area contributed by atoms with E-state index in [1.165, 1.54) is 31.2 Å². The minimum absolute atomic E-state index is 0.956. The van der Waals surface area contributed by atoms with Crippen molar-refractivity contribution in [3.8, 4) is 11.3 Å². The number of benzene rings is 1. The molecule has 1 radical (unpaired) electrons. The summed E-state index contributed by atoms with van der Waals surface area (Å²) in [4.78, 5) is 0. The van der Waals surface area contributed by atoms with Crippen molar-refractivity contribution in [2.45, 2.75) is 39.0 Å². The SMILES string of the molecule is Cc1onc(-c2ccc(Br)cc2)c1C[C]1CCCC1. The van der Waals surface area contributed by atoms with Gasteiger partial charge in [0.1, 0.15) is 11.5 Å². The maximum atomic E-state index is 5.42. The van der Waals surface area contributed by atoms with E-state index in [1.807, 2.05) is 19.1 Å². The number of nitrogens with zero attached hydrogens (tertiary/aromatic N) is 1. The van der Waals surface area contributed by atoms with E-state index >= 15 is 0 Å². The van der Waals surface area contributed by atoms with Crippen LogP contribution in [0, 0.1) is 12.8 Å². The Balaban J connectivity index is 1.91. The predicted octanol–water partition coefficient (Wildman–Crippen LogP) is 5.10. The van der Waals surface area contributed by atoms with Crippen LogP contribution in [0.1, 0.15) is 37.0 Å². The molecule has 99 valence electrons. The molecule has 1 aliphatic carbocycles. The molecule has 2 aromatic rings. The zero-order chi connectivity index (χ0) is 13.2. The number of aryl methyl sites for hydroxylation is 1. The van der Waals surface area contributed by atoms with Gasteiger partial charge in [-0.3, -0.25) is 0 Å². The van der Waals surface area contributed by atoms with Crippen LogP contribution < -0.4 is 0 Å². The lowest BCUT2D eigenvalue weighted by atomic mass is 9.94. The minimum atomic E-state index is 0.956. The van der Waals surface area contributed by atoms with Crippen molar-refractivity contribution in [3.05, 3.63) is 46.0 Å². The summed E-state index contributed by atoms with van der Waals surface area (Å²) in [6, 6.07) is 8.27. The van der Waals surface area contributed by atoms with E-state index in [4.69, 9.17) is 4.52 Å². The molecule has 1 aromatic carbocycles. The molecule has 1 saturated carbocycles. The Morgan fingerprint density at radius 3 is 2.53 bits per heavy atom. The van der Waals surface area contributed by atoms with Crippen LogP contribution in [0.3, 0.4) is 0 Å². The number of hydrogen-bond acceptors (Lipinski definition) is 2. The molecule has 0 aliphatic heterocycles. The Morgan fingerprint density at radius 2 is 1.84 bits per heavy atom. The monoisotopic (exact) mass is 318 g/mol. The highest BCUT2D eigenvalue weighted by molar-refractivity contribution is 9.10. The van der Waals surface area contributed by atoms with E-state index in [-0.39, 0.29) is 0 Å². The van der Waals surface area contributed by atoms with Crippen LogP contribution in [-0.2, 0) is 6.42 Å². The molecule has 3 rings (SSSR count). The van der Waals surface area contributed by atoms with Gasteiger partial charge in [0, 0.05) is 15.6 Å². The molecule has 0 spiro atoms. The van der Waals surface area contributed by atoms with Crippen molar-refractivity contribution in [1.82, 2.24) is 5.16 Å². The van der Waals surface area contributed by atoms with Gasteiger partial charge >= 0.3 is 0 Å². The summed E-state index contributed by atoms with van der Waals surface area (Å²) in [5.41, 5.74) is 3.40. The summed E-state index contributed by atoms with van der Waals surface area (Å²) >= 11 is 3.46. The molecule has 0 bridgehead atoms. The van der Waals surface area contributed by atoms with Crippen LogP contribution in [-0.4, -0.2) is 5.16 Å². The molecular formula is C16H17BrNO. The molecular weight excluding hydrogens is 302 g/mol. The van der Waals surface area contributed by atoms with Gasteiger partial charge < -0.3 is 4.52 Å². The number of hydrogen-bond donors (Lipinski definition) is 0. The zero-order valence-electron chi connectivity index (χ0n) is 11.1. The number of halogens is 1. The summed E-state index contributed by atoms with van der Waals surface area (Å²) in [5.74, 6) is 2.60. The van der Waals surface area contributed by atoms with Crippen molar-refractivity contribution >= 4 is 15.9 Å². The molecule has 19 heavy (non-hydrogen) atoms. The van der Waals surface area contributed by atoms with Crippen LogP contribution in [0.4, 0.5) is 0 Å². The fourth-order valence-corrected chi connectivity index (χ4v) is 3.00. The Hall–Kier alpha value is -1.09. The average Bonchev–Trinajstić information content (AvgIpc) is 3.03. The van der Waals surface area contributed by atoms with Crippen molar-refractivity contribution in [2.24, 2.45) is 0 Å². The lowest BCUT2D eigenvalue weighted by Gasteiger charge is -2.08. The van der Waals surface area contributed by atoms with Crippen molar-refractivity contribution in [1.29, 1.82) is 0 Å². The maximum absolute atomic E-state index is 5.42. The van der Waals surface area contributed by atoms with E-state index in [0.29, 0.717) is 0 Å². The number of rotatable bonds is 3. The van der Waals surface area contributed by atoms with Crippen LogP contribution in [0.5, 0.6) is 0 Å². The second-order valence-electron chi connectivity index (χ2n) is 5.21. The minimum Gasteiger partial charge on any atom is -0.361 e. The molecule has 0 unspecified atom stereocenters. The van der Waals surface area contributed by atoms with E-state index in [1.54, 1.807) is 5.92 Å². The fourth-order valence-electron chi connectivity index (χ4n) is 2.74. The third kappa shape index (κ3) is 2.76. The standard InChI is InChI=1S/C16H17BrNO/c1-11-15(10-12-4-2-3-5-12)16(18-19-11)13-6-8-14(17)9-7-13/h6-9H,2-5,10H2,1H3.